The molecular formula is C20H31FIN3O2. The molecule has 2 saturated heterocycles. The molecule has 5 nitrogen and oxygen atoms in total. The van der Waals surface area contributed by atoms with E-state index < -0.39 is 0 Å². The lowest BCUT2D eigenvalue weighted by Gasteiger charge is -2.39. The van der Waals surface area contributed by atoms with Crippen LogP contribution in [0.1, 0.15) is 24.8 Å². The summed E-state index contributed by atoms with van der Waals surface area (Å²) in [5, 5.41) is 3.53. The number of aliphatic imine (C=N–C) groups is 1. The fraction of sp³-hybridized carbons (Fsp3) is 0.650. The molecule has 2 fully saturated rings. The fourth-order valence-corrected chi connectivity index (χ4v) is 3.98. The van der Waals surface area contributed by atoms with Crippen molar-refractivity contribution in [3.63, 3.8) is 0 Å². The Morgan fingerprint density at radius 2 is 2.07 bits per heavy atom. The van der Waals surface area contributed by atoms with Crippen molar-refractivity contribution in [2.45, 2.75) is 24.7 Å². The van der Waals surface area contributed by atoms with Gasteiger partial charge in [0, 0.05) is 58.3 Å². The predicted octanol–water partition coefficient (Wildman–Crippen LogP) is 3.04. The van der Waals surface area contributed by atoms with Crippen LogP contribution < -0.4 is 5.32 Å². The third-order valence-electron chi connectivity index (χ3n) is 5.60. The second-order valence-corrected chi connectivity index (χ2v) is 7.41. The third kappa shape index (κ3) is 5.77. The zero-order chi connectivity index (χ0) is 18.4. The number of nitrogens with one attached hydrogen (secondary N) is 1. The molecule has 1 N–H and O–H groups in total. The van der Waals surface area contributed by atoms with E-state index >= 15 is 0 Å². The summed E-state index contributed by atoms with van der Waals surface area (Å²) < 4.78 is 24.9. The van der Waals surface area contributed by atoms with Gasteiger partial charge in [-0.05, 0) is 37.0 Å². The molecule has 3 rings (SSSR count). The highest BCUT2D eigenvalue weighted by atomic mass is 127. The highest BCUT2D eigenvalue weighted by molar-refractivity contribution is 14.0. The van der Waals surface area contributed by atoms with Crippen molar-refractivity contribution in [3.05, 3.63) is 35.6 Å². The van der Waals surface area contributed by atoms with E-state index in [2.05, 4.69) is 22.3 Å². The van der Waals surface area contributed by atoms with Gasteiger partial charge < -0.3 is 19.7 Å². The topological polar surface area (TPSA) is 46.1 Å². The Balaban J connectivity index is 0.00000261. The van der Waals surface area contributed by atoms with Crippen LogP contribution in [0.5, 0.6) is 0 Å². The van der Waals surface area contributed by atoms with Gasteiger partial charge in [-0.2, -0.15) is 0 Å². The Hall–Kier alpha value is -0.930. The summed E-state index contributed by atoms with van der Waals surface area (Å²) in [7, 11) is 3.87. The number of hydrogen-bond donors (Lipinski definition) is 1. The van der Waals surface area contributed by atoms with Crippen molar-refractivity contribution in [2.24, 2.45) is 10.9 Å². The molecule has 0 amide bonds. The molecule has 0 spiro atoms. The number of ether oxygens (including phenoxy) is 2. The summed E-state index contributed by atoms with van der Waals surface area (Å²) >= 11 is 0. The number of nitrogens with zero attached hydrogens (tertiary/aromatic N) is 2. The lowest BCUT2D eigenvalue weighted by molar-refractivity contribution is 0.0511. The third-order valence-corrected chi connectivity index (χ3v) is 5.60. The first-order chi connectivity index (χ1) is 12.6. The van der Waals surface area contributed by atoms with Crippen LogP contribution in [0.15, 0.2) is 29.3 Å². The number of rotatable bonds is 5. The summed E-state index contributed by atoms with van der Waals surface area (Å²) in [5.41, 5.74) is 0.906. The Bertz CT molecular complexity index is 617. The number of guanidine groups is 1. The quantitative estimate of drug-likeness (QED) is 0.391. The Kier molecular flexibility index (Phi) is 8.75. The highest BCUT2D eigenvalue weighted by Gasteiger charge is 2.35. The van der Waals surface area contributed by atoms with Gasteiger partial charge in [0.25, 0.3) is 0 Å². The van der Waals surface area contributed by atoms with Crippen LogP contribution in [0, 0.1) is 11.7 Å². The molecule has 1 aromatic carbocycles. The van der Waals surface area contributed by atoms with Gasteiger partial charge in [-0.15, -0.1) is 24.0 Å². The first kappa shape index (κ1) is 22.4. The van der Waals surface area contributed by atoms with Gasteiger partial charge in [-0.1, -0.05) is 12.1 Å². The van der Waals surface area contributed by atoms with Crippen LogP contribution in [-0.4, -0.2) is 64.5 Å². The second kappa shape index (κ2) is 10.6. The minimum Gasteiger partial charge on any atom is -0.381 e. The average Bonchev–Trinajstić information content (AvgIpc) is 3.16. The molecule has 0 saturated carbocycles. The van der Waals surface area contributed by atoms with E-state index in [0.29, 0.717) is 19.1 Å². The molecule has 1 unspecified atom stereocenters. The molecule has 7 heteroatoms. The highest BCUT2D eigenvalue weighted by Crippen LogP contribution is 2.34. The van der Waals surface area contributed by atoms with Crippen molar-refractivity contribution < 1.29 is 13.9 Å². The SMILES string of the molecule is CN=C(NCC1(c2cccc(F)c2)CCOCC1)N(C)CC1CCOC1.I. The summed E-state index contributed by atoms with van der Waals surface area (Å²) in [5.74, 6) is 1.24. The molecule has 2 aliphatic heterocycles. The monoisotopic (exact) mass is 491 g/mol. The van der Waals surface area contributed by atoms with Crippen LogP contribution in [-0.2, 0) is 14.9 Å². The van der Waals surface area contributed by atoms with Gasteiger partial charge in [0.15, 0.2) is 5.96 Å². The molecule has 152 valence electrons. The zero-order valence-electron chi connectivity index (χ0n) is 16.2. The summed E-state index contributed by atoms with van der Waals surface area (Å²) in [4.78, 5) is 6.61. The smallest absolute Gasteiger partial charge is 0.193 e. The normalized spacial score (nSPS) is 22.2. The molecule has 0 bridgehead atoms. The lowest BCUT2D eigenvalue weighted by Crippen LogP contribution is -2.49. The van der Waals surface area contributed by atoms with Gasteiger partial charge in [0.05, 0.1) is 6.61 Å². The number of benzene rings is 1. The standard InChI is InChI=1S/C20H30FN3O2.HI/c1-22-19(24(2)13-16-6-9-26-14-16)23-15-20(7-10-25-11-8-20)17-4-3-5-18(21)12-17;/h3-5,12,16H,6-11,13-15H2,1-2H3,(H,22,23);1H. The van der Waals surface area contributed by atoms with Crippen molar-refractivity contribution in [1.82, 2.24) is 10.2 Å². The van der Waals surface area contributed by atoms with Gasteiger partial charge >= 0.3 is 0 Å². The van der Waals surface area contributed by atoms with Crippen LogP contribution in [0.3, 0.4) is 0 Å². The van der Waals surface area contributed by atoms with E-state index in [4.69, 9.17) is 9.47 Å². The molecule has 27 heavy (non-hydrogen) atoms. The van der Waals surface area contributed by atoms with Crippen molar-refractivity contribution in [1.29, 1.82) is 0 Å². The summed E-state index contributed by atoms with van der Waals surface area (Å²) in [6.45, 7) is 4.73. The number of halogens is 2. The largest absolute Gasteiger partial charge is 0.381 e. The minimum absolute atomic E-state index is 0. The molecule has 0 aliphatic carbocycles. The van der Waals surface area contributed by atoms with E-state index in [1.807, 2.05) is 13.1 Å². The zero-order valence-corrected chi connectivity index (χ0v) is 18.6. The number of hydrogen-bond acceptors (Lipinski definition) is 3. The molecule has 1 atom stereocenters. The van der Waals surface area contributed by atoms with Crippen molar-refractivity contribution in [3.8, 4) is 0 Å². The maximum absolute atomic E-state index is 13.8. The van der Waals surface area contributed by atoms with Crippen molar-refractivity contribution >= 4 is 29.9 Å². The molecule has 2 heterocycles. The first-order valence-corrected chi connectivity index (χ1v) is 9.46. The van der Waals surface area contributed by atoms with Crippen molar-refractivity contribution in [2.75, 3.05) is 53.6 Å². The van der Waals surface area contributed by atoms with E-state index in [9.17, 15) is 4.39 Å². The van der Waals surface area contributed by atoms with Gasteiger partial charge in [0.1, 0.15) is 5.82 Å². The minimum atomic E-state index is -0.184. The molecular weight excluding hydrogens is 460 g/mol. The molecule has 0 aromatic heterocycles. The lowest BCUT2D eigenvalue weighted by atomic mass is 9.74. The van der Waals surface area contributed by atoms with Crippen LogP contribution >= 0.6 is 24.0 Å². The second-order valence-electron chi connectivity index (χ2n) is 7.41. The summed E-state index contributed by atoms with van der Waals surface area (Å²) in [6, 6.07) is 6.98. The summed E-state index contributed by atoms with van der Waals surface area (Å²) in [6.07, 6.45) is 2.85. The average molecular weight is 491 g/mol. The van der Waals surface area contributed by atoms with E-state index in [-0.39, 0.29) is 35.2 Å². The van der Waals surface area contributed by atoms with Crippen LogP contribution in [0.25, 0.3) is 0 Å². The Labute approximate surface area is 178 Å². The Morgan fingerprint density at radius 3 is 2.70 bits per heavy atom. The van der Waals surface area contributed by atoms with E-state index in [0.717, 1.165) is 57.1 Å². The van der Waals surface area contributed by atoms with Gasteiger partial charge in [-0.3, -0.25) is 4.99 Å². The molecule has 1 aromatic rings. The van der Waals surface area contributed by atoms with Gasteiger partial charge in [-0.25, -0.2) is 4.39 Å². The Morgan fingerprint density at radius 1 is 1.30 bits per heavy atom. The first-order valence-electron chi connectivity index (χ1n) is 9.46. The van der Waals surface area contributed by atoms with E-state index in [1.54, 1.807) is 12.1 Å². The molecule has 2 aliphatic rings. The van der Waals surface area contributed by atoms with Crippen LogP contribution in [0.4, 0.5) is 4.39 Å². The maximum atomic E-state index is 13.8. The fourth-order valence-electron chi connectivity index (χ4n) is 3.98. The molecule has 0 radical (unpaired) electrons. The predicted molar refractivity (Wildman–Crippen MR) is 116 cm³/mol. The van der Waals surface area contributed by atoms with Gasteiger partial charge in [0.2, 0.25) is 0 Å². The van der Waals surface area contributed by atoms with E-state index in [1.165, 1.54) is 6.07 Å². The van der Waals surface area contributed by atoms with Crippen LogP contribution in [0.2, 0.25) is 0 Å². The maximum Gasteiger partial charge on any atom is 0.193 e.